The molecule has 1 fully saturated rings. The summed E-state index contributed by atoms with van der Waals surface area (Å²) in [6, 6.07) is 0. The smallest absolute Gasteiger partial charge is 0.308 e. The van der Waals surface area contributed by atoms with Gasteiger partial charge < -0.3 is 10.5 Å². The number of carbonyl (C=O) groups excluding carboxylic acids is 1. The third-order valence-corrected chi connectivity index (χ3v) is 4.59. The molecule has 112 valence electrons. The van der Waals surface area contributed by atoms with Gasteiger partial charge in [-0.25, -0.2) is 4.72 Å². The van der Waals surface area contributed by atoms with E-state index in [1.54, 1.807) is 13.8 Å². The molecule has 0 bridgehead atoms. The van der Waals surface area contributed by atoms with E-state index in [1.165, 1.54) is 11.4 Å². The highest BCUT2D eigenvalue weighted by molar-refractivity contribution is 7.87. The van der Waals surface area contributed by atoms with Gasteiger partial charge in [-0.1, -0.05) is 0 Å². The molecule has 0 amide bonds. The molecular formula is C11H23N3O4S. The standard InChI is InChI=1S/C11H23N3O4S/c1-11(2,12)8-13-19(16,17)14-6-4-9(5-7-14)10(15)18-3/h9,13H,4-8,12H2,1-3H3. The second-order valence-electron chi connectivity index (χ2n) is 5.51. The Hall–Kier alpha value is -0.700. The summed E-state index contributed by atoms with van der Waals surface area (Å²) >= 11 is 0. The maximum atomic E-state index is 12.0. The summed E-state index contributed by atoms with van der Waals surface area (Å²) in [7, 11) is -2.18. The lowest BCUT2D eigenvalue weighted by Crippen LogP contribution is -2.51. The molecule has 1 rings (SSSR count). The number of nitrogens with zero attached hydrogens (tertiary/aromatic N) is 1. The van der Waals surface area contributed by atoms with Crippen molar-refractivity contribution in [3.8, 4) is 0 Å². The number of methoxy groups -OCH3 is 1. The Morgan fingerprint density at radius 1 is 1.42 bits per heavy atom. The van der Waals surface area contributed by atoms with Crippen LogP contribution in [0.5, 0.6) is 0 Å². The van der Waals surface area contributed by atoms with E-state index in [0.717, 1.165) is 0 Å². The quantitative estimate of drug-likeness (QED) is 0.662. The third kappa shape index (κ3) is 5.06. The van der Waals surface area contributed by atoms with Crippen molar-refractivity contribution in [2.24, 2.45) is 11.7 Å². The molecule has 1 saturated heterocycles. The molecule has 0 spiro atoms. The van der Waals surface area contributed by atoms with Gasteiger partial charge in [0.2, 0.25) is 0 Å². The topological polar surface area (TPSA) is 102 Å². The monoisotopic (exact) mass is 293 g/mol. The highest BCUT2D eigenvalue weighted by atomic mass is 32.2. The lowest BCUT2D eigenvalue weighted by molar-refractivity contribution is -0.146. The van der Waals surface area contributed by atoms with Crippen LogP contribution in [0, 0.1) is 5.92 Å². The Morgan fingerprint density at radius 2 is 1.95 bits per heavy atom. The molecule has 0 aliphatic carbocycles. The molecule has 0 aromatic heterocycles. The molecule has 8 heteroatoms. The third-order valence-electron chi connectivity index (χ3n) is 3.04. The van der Waals surface area contributed by atoms with Crippen molar-refractivity contribution in [3.63, 3.8) is 0 Å². The fourth-order valence-electron chi connectivity index (χ4n) is 1.87. The first-order valence-corrected chi connectivity index (χ1v) is 7.71. The zero-order chi connectivity index (χ0) is 14.7. The van der Waals surface area contributed by atoms with Crippen molar-refractivity contribution in [3.05, 3.63) is 0 Å². The van der Waals surface area contributed by atoms with Gasteiger partial charge in [0.25, 0.3) is 10.2 Å². The van der Waals surface area contributed by atoms with Crippen LogP contribution in [0.4, 0.5) is 0 Å². The van der Waals surface area contributed by atoms with Crippen LogP contribution in [-0.2, 0) is 19.7 Å². The lowest BCUT2D eigenvalue weighted by atomic mass is 9.99. The van der Waals surface area contributed by atoms with Gasteiger partial charge in [0.05, 0.1) is 13.0 Å². The van der Waals surface area contributed by atoms with Crippen LogP contribution >= 0.6 is 0 Å². The Bertz CT molecular complexity index is 408. The summed E-state index contributed by atoms with van der Waals surface area (Å²) < 4.78 is 32.5. The predicted octanol–water partition coefficient (Wildman–Crippen LogP) is -0.557. The zero-order valence-corrected chi connectivity index (χ0v) is 12.5. The summed E-state index contributed by atoms with van der Waals surface area (Å²) in [5.74, 6) is -0.476. The van der Waals surface area contributed by atoms with E-state index in [0.29, 0.717) is 25.9 Å². The van der Waals surface area contributed by atoms with Crippen LogP contribution in [0.15, 0.2) is 0 Å². The molecule has 19 heavy (non-hydrogen) atoms. The second kappa shape index (κ2) is 6.17. The molecule has 0 aromatic rings. The Morgan fingerprint density at radius 3 is 2.37 bits per heavy atom. The van der Waals surface area contributed by atoms with E-state index in [-0.39, 0.29) is 18.4 Å². The molecule has 0 atom stereocenters. The first-order chi connectivity index (χ1) is 8.65. The summed E-state index contributed by atoms with van der Waals surface area (Å²) in [6.45, 7) is 4.31. The van der Waals surface area contributed by atoms with E-state index < -0.39 is 15.7 Å². The van der Waals surface area contributed by atoms with Gasteiger partial charge in [-0.2, -0.15) is 12.7 Å². The average molecular weight is 293 g/mol. The fourth-order valence-corrected chi connectivity index (χ4v) is 3.30. The number of esters is 1. The number of hydrogen-bond donors (Lipinski definition) is 2. The molecular weight excluding hydrogens is 270 g/mol. The number of piperidine rings is 1. The minimum absolute atomic E-state index is 0.173. The molecule has 1 aliphatic rings. The second-order valence-corrected chi connectivity index (χ2v) is 7.27. The van der Waals surface area contributed by atoms with Crippen molar-refractivity contribution in [1.82, 2.24) is 9.03 Å². The fraction of sp³-hybridized carbons (Fsp3) is 0.909. The van der Waals surface area contributed by atoms with Crippen molar-refractivity contribution in [2.45, 2.75) is 32.2 Å². The molecule has 3 N–H and O–H groups in total. The van der Waals surface area contributed by atoms with Gasteiger partial charge in [0.1, 0.15) is 0 Å². The number of hydrogen-bond acceptors (Lipinski definition) is 5. The van der Waals surface area contributed by atoms with Crippen LogP contribution in [0.25, 0.3) is 0 Å². The van der Waals surface area contributed by atoms with Crippen LogP contribution in [-0.4, -0.2) is 51.0 Å². The van der Waals surface area contributed by atoms with Crippen LogP contribution in [0.1, 0.15) is 26.7 Å². The van der Waals surface area contributed by atoms with Crippen LogP contribution in [0.3, 0.4) is 0 Å². The van der Waals surface area contributed by atoms with Crippen molar-refractivity contribution >= 4 is 16.2 Å². The molecule has 7 nitrogen and oxygen atoms in total. The summed E-state index contributed by atoms with van der Waals surface area (Å²) in [4.78, 5) is 11.4. The average Bonchev–Trinajstić information content (AvgIpc) is 2.35. The number of nitrogens with one attached hydrogen (secondary N) is 1. The van der Waals surface area contributed by atoms with Gasteiger partial charge in [0, 0.05) is 25.2 Å². The summed E-state index contributed by atoms with van der Waals surface area (Å²) in [6.07, 6.45) is 0.971. The van der Waals surface area contributed by atoms with E-state index in [2.05, 4.69) is 9.46 Å². The first-order valence-electron chi connectivity index (χ1n) is 6.27. The predicted molar refractivity (Wildman–Crippen MR) is 71.5 cm³/mol. The van der Waals surface area contributed by atoms with Crippen molar-refractivity contribution < 1.29 is 17.9 Å². The minimum atomic E-state index is -3.52. The number of nitrogens with two attached hydrogens (primary N) is 1. The molecule has 0 aromatic carbocycles. The Balaban J connectivity index is 2.52. The van der Waals surface area contributed by atoms with Crippen molar-refractivity contribution in [1.29, 1.82) is 0 Å². The summed E-state index contributed by atoms with van der Waals surface area (Å²) in [5, 5.41) is 0. The van der Waals surface area contributed by atoms with Gasteiger partial charge >= 0.3 is 5.97 Å². The normalized spacial score (nSPS) is 19.4. The van der Waals surface area contributed by atoms with E-state index in [1.807, 2.05) is 0 Å². The largest absolute Gasteiger partial charge is 0.469 e. The maximum absolute atomic E-state index is 12.0. The number of rotatable bonds is 5. The highest BCUT2D eigenvalue weighted by Crippen LogP contribution is 2.20. The zero-order valence-electron chi connectivity index (χ0n) is 11.7. The highest BCUT2D eigenvalue weighted by Gasteiger charge is 2.31. The SMILES string of the molecule is COC(=O)C1CCN(S(=O)(=O)NCC(C)(C)N)CC1. The van der Waals surface area contributed by atoms with Gasteiger partial charge in [0.15, 0.2) is 0 Å². The van der Waals surface area contributed by atoms with Crippen molar-refractivity contribution in [2.75, 3.05) is 26.7 Å². The lowest BCUT2D eigenvalue weighted by Gasteiger charge is -2.30. The number of ether oxygens (including phenoxy) is 1. The Kier molecular flexibility index (Phi) is 5.31. The van der Waals surface area contributed by atoms with Gasteiger partial charge in [-0.15, -0.1) is 0 Å². The molecule has 0 unspecified atom stereocenters. The molecule has 0 saturated carbocycles. The molecule has 1 heterocycles. The van der Waals surface area contributed by atoms with E-state index in [4.69, 9.17) is 5.73 Å². The first kappa shape index (κ1) is 16.4. The van der Waals surface area contributed by atoms with Crippen LogP contribution in [0.2, 0.25) is 0 Å². The summed E-state index contributed by atoms with van der Waals surface area (Å²) in [5.41, 5.74) is 5.15. The van der Waals surface area contributed by atoms with Crippen LogP contribution < -0.4 is 10.5 Å². The van der Waals surface area contributed by atoms with Gasteiger partial charge in [-0.3, -0.25) is 4.79 Å². The molecule has 0 radical (unpaired) electrons. The Labute approximate surface area is 114 Å². The number of carbonyl (C=O) groups is 1. The molecule has 1 aliphatic heterocycles. The van der Waals surface area contributed by atoms with Gasteiger partial charge in [-0.05, 0) is 26.7 Å². The minimum Gasteiger partial charge on any atom is -0.469 e. The van der Waals surface area contributed by atoms with E-state index in [9.17, 15) is 13.2 Å². The van der Waals surface area contributed by atoms with E-state index >= 15 is 0 Å². The maximum Gasteiger partial charge on any atom is 0.308 e.